The normalized spacial score (nSPS) is 12.6. The Hall–Kier alpha value is -2.77. The van der Waals surface area contributed by atoms with E-state index in [1.54, 1.807) is 14.0 Å². The van der Waals surface area contributed by atoms with Crippen LogP contribution in [0, 0.1) is 11.3 Å². The highest BCUT2D eigenvalue weighted by Crippen LogP contribution is 2.60. The van der Waals surface area contributed by atoms with Gasteiger partial charge in [-0.2, -0.15) is 57.1 Å². The van der Waals surface area contributed by atoms with Gasteiger partial charge in [-0.3, -0.25) is 9.59 Å². The van der Waals surface area contributed by atoms with Crippen LogP contribution in [0.4, 0.5) is 57.1 Å². The van der Waals surface area contributed by atoms with Gasteiger partial charge in [0.25, 0.3) is 0 Å². The second kappa shape index (κ2) is 70.9. The first-order valence-electron chi connectivity index (χ1n) is 32.9. The van der Waals surface area contributed by atoms with E-state index < -0.39 is 60.2 Å². The summed E-state index contributed by atoms with van der Waals surface area (Å²) in [5, 5.41) is 0. The molecule has 1 atom stereocenters. The SMILES string of the molecule is C.C.C.C.CCCC(C)(C)C(=O)OCCC(F)(F)C(F)(F)C(F)(F)C(F)(F)C(F)(F)C(F)(F)F.CCCC(C)C(=O)OCCOCCOCCOCCOCCOCCOCCOCCOCCOCCOCCOCCOCCOCCOCCOCCOCCOCCOCCOCCOC. The monoisotopic (exact) mass is 1550 g/mol. The molecule has 0 fully saturated rings. The zero-order valence-corrected chi connectivity index (χ0v) is 58.3. The molecule has 103 heavy (non-hydrogen) atoms. The predicted octanol–water partition coefficient (Wildman–Crippen LogP) is 11.0. The fraction of sp³-hybridized carbons (Fsp3) is 0.970. The van der Waals surface area contributed by atoms with Crippen LogP contribution in [0.2, 0.25) is 0 Å². The first-order chi connectivity index (χ1) is 47.2. The largest absolute Gasteiger partial charge is 0.465 e. The molecule has 0 radical (unpaired) electrons. The molecule has 0 aliphatic rings. The van der Waals surface area contributed by atoms with E-state index in [0.717, 1.165) is 12.8 Å². The predicted molar refractivity (Wildman–Crippen MR) is 354 cm³/mol. The van der Waals surface area contributed by atoms with Gasteiger partial charge in [-0.25, -0.2) is 0 Å². The molecular weight excluding hydrogens is 1420 g/mol. The molecule has 0 saturated heterocycles. The Bertz CT molecular complexity index is 1830. The van der Waals surface area contributed by atoms with Crippen molar-refractivity contribution < 1.29 is 171 Å². The highest BCUT2D eigenvalue weighted by Gasteiger charge is 2.90. The van der Waals surface area contributed by atoms with Crippen LogP contribution in [0.3, 0.4) is 0 Å². The number of halogens is 13. The van der Waals surface area contributed by atoms with Crippen molar-refractivity contribution in [2.24, 2.45) is 11.3 Å². The quantitative estimate of drug-likeness (QED) is 0.0312. The van der Waals surface area contributed by atoms with Crippen molar-refractivity contribution in [1.82, 2.24) is 0 Å². The molecule has 0 spiro atoms. The number of carbonyl (C=O) groups excluding carboxylic acids is 2. The van der Waals surface area contributed by atoms with Gasteiger partial charge in [-0.15, -0.1) is 0 Å². The third-order valence-corrected chi connectivity index (χ3v) is 12.8. The molecule has 626 valence electrons. The lowest BCUT2D eigenvalue weighted by atomic mass is 9.88. The van der Waals surface area contributed by atoms with Crippen molar-refractivity contribution in [2.75, 3.05) is 278 Å². The van der Waals surface area contributed by atoms with E-state index in [0.29, 0.717) is 264 Å². The van der Waals surface area contributed by atoms with Crippen LogP contribution >= 0.6 is 0 Å². The number of hydrogen-bond donors (Lipinski definition) is 0. The van der Waals surface area contributed by atoms with E-state index in [1.165, 1.54) is 13.8 Å². The van der Waals surface area contributed by atoms with Crippen LogP contribution in [0.15, 0.2) is 0 Å². The van der Waals surface area contributed by atoms with Gasteiger partial charge < -0.3 is 104 Å². The van der Waals surface area contributed by atoms with E-state index >= 15 is 0 Å². The van der Waals surface area contributed by atoms with Crippen molar-refractivity contribution >= 4 is 11.9 Å². The van der Waals surface area contributed by atoms with E-state index in [-0.39, 0.29) is 54.6 Å². The van der Waals surface area contributed by atoms with Crippen LogP contribution < -0.4 is 0 Å². The Morgan fingerprint density at radius 3 is 0.699 bits per heavy atom. The van der Waals surface area contributed by atoms with Gasteiger partial charge in [0.1, 0.15) is 6.61 Å². The van der Waals surface area contributed by atoms with E-state index in [2.05, 4.69) is 4.74 Å². The lowest BCUT2D eigenvalue weighted by molar-refractivity contribution is -0.440. The molecule has 0 N–H and O–H groups in total. The van der Waals surface area contributed by atoms with Crippen molar-refractivity contribution in [3.8, 4) is 0 Å². The topological polar surface area (TPSA) is 237 Å². The second-order valence-electron chi connectivity index (χ2n) is 21.5. The van der Waals surface area contributed by atoms with Crippen molar-refractivity contribution in [3.63, 3.8) is 0 Å². The lowest BCUT2D eigenvalue weighted by Crippen LogP contribution is -2.70. The molecule has 0 aliphatic heterocycles. The Balaban J connectivity index is -0.000000581. The van der Waals surface area contributed by atoms with Gasteiger partial charge in [0.2, 0.25) is 0 Å². The number of ether oxygens (including phenoxy) is 22. The van der Waals surface area contributed by atoms with E-state index in [1.807, 2.05) is 13.8 Å². The minimum Gasteiger partial charge on any atom is -0.465 e. The van der Waals surface area contributed by atoms with Gasteiger partial charge in [0.15, 0.2) is 0 Å². The van der Waals surface area contributed by atoms with E-state index in [4.69, 9.17) is 99.5 Å². The Labute approximate surface area is 602 Å². The van der Waals surface area contributed by atoms with Crippen molar-refractivity contribution in [2.45, 2.75) is 132 Å². The summed E-state index contributed by atoms with van der Waals surface area (Å²) in [6.45, 7) is 25.8. The molecule has 0 bridgehead atoms. The Kier molecular flexibility index (Phi) is 76.5. The Morgan fingerprint density at radius 2 is 0.495 bits per heavy atom. The molecule has 0 amide bonds. The maximum absolute atomic E-state index is 13.5. The molecule has 24 nitrogen and oxygen atoms in total. The van der Waals surface area contributed by atoms with Gasteiger partial charge >= 0.3 is 47.7 Å². The minimum absolute atomic E-state index is 0. The van der Waals surface area contributed by atoms with Crippen LogP contribution in [-0.4, -0.2) is 326 Å². The average molecular weight is 1550 g/mol. The molecule has 0 aromatic carbocycles. The standard InChI is InChI=1S/C47H94O22.C15H17F13O2.4CH4/c1-4-5-46(2)47(48)69-45-44-68-43-42-67-41-40-66-39-38-65-37-36-64-35-34-63-33-32-62-31-30-61-29-28-60-27-26-59-25-24-58-23-22-57-21-20-56-19-18-55-17-16-54-15-14-53-13-12-52-11-10-51-9-8-50-7-6-49-3;1-4-5-9(2,3)8(29)30-7-6-10(16,17)11(18,19)12(20,21)13(22,23)14(24,25)15(26,27)28;;;;/h46H,4-45H2,1-3H3;4-7H2,1-3H3;4*1H4. The van der Waals surface area contributed by atoms with E-state index in [9.17, 15) is 66.7 Å². The van der Waals surface area contributed by atoms with Gasteiger partial charge in [-0.05, 0) is 26.7 Å². The number of methoxy groups -OCH3 is 1. The highest BCUT2D eigenvalue weighted by atomic mass is 19.4. The maximum Gasteiger partial charge on any atom is 0.460 e. The molecule has 0 heterocycles. The summed E-state index contributed by atoms with van der Waals surface area (Å²) in [5.74, 6) is -38.7. The van der Waals surface area contributed by atoms with Crippen LogP contribution in [-0.2, 0) is 114 Å². The smallest absolute Gasteiger partial charge is 0.460 e. The van der Waals surface area contributed by atoms with Crippen molar-refractivity contribution in [1.29, 1.82) is 0 Å². The molecule has 0 aliphatic carbocycles. The number of esters is 2. The number of alkyl halides is 13. The zero-order valence-electron chi connectivity index (χ0n) is 58.3. The molecule has 0 aromatic heterocycles. The first-order valence-corrected chi connectivity index (χ1v) is 32.9. The molecule has 1 unspecified atom stereocenters. The summed E-state index contributed by atoms with van der Waals surface area (Å²) in [6, 6.07) is 0. The fourth-order valence-electron chi connectivity index (χ4n) is 7.25. The van der Waals surface area contributed by atoms with Crippen molar-refractivity contribution in [3.05, 3.63) is 0 Å². The third kappa shape index (κ3) is 57.1. The molecule has 0 rings (SSSR count). The van der Waals surface area contributed by atoms with Crippen LogP contribution in [0.5, 0.6) is 0 Å². The molecule has 0 aromatic rings. The van der Waals surface area contributed by atoms with Gasteiger partial charge in [0, 0.05) is 7.11 Å². The molecular formula is C66H127F13O24. The highest BCUT2D eigenvalue weighted by molar-refractivity contribution is 5.75. The fourth-order valence-corrected chi connectivity index (χ4v) is 7.25. The summed E-state index contributed by atoms with van der Waals surface area (Å²) in [5.41, 5.74) is -1.32. The first kappa shape index (κ1) is 111. The Morgan fingerprint density at radius 1 is 0.282 bits per heavy atom. The average Bonchev–Trinajstić information content (AvgIpc) is 0.714. The summed E-state index contributed by atoms with van der Waals surface area (Å²) in [7, 11) is 1.64. The second-order valence-corrected chi connectivity index (χ2v) is 21.5. The summed E-state index contributed by atoms with van der Waals surface area (Å²) in [6.07, 6.45) is -7.71. The number of rotatable bonds is 73. The lowest BCUT2D eigenvalue weighted by Gasteiger charge is -2.39. The third-order valence-electron chi connectivity index (χ3n) is 12.8. The van der Waals surface area contributed by atoms with Gasteiger partial charge in [0.05, 0.1) is 282 Å². The summed E-state index contributed by atoms with van der Waals surface area (Å²) < 4.78 is 286. The number of carbonyl (C=O) groups is 2. The molecule has 37 heteroatoms. The zero-order chi connectivity index (χ0) is 74.3. The summed E-state index contributed by atoms with van der Waals surface area (Å²) in [4.78, 5) is 23.4. The number of hydrogen-bond acceptors (Lipinski definition) is 24. The van der Waals surface area contributed by atoms with Crippen LogP contribution in [0.25, 0.3) is 0 Å². The minimum atomic E-state index is -7.94. The van der Waals surface area contributed by atoms with Crippen LogP contribution in [0.1, 0.15) is 96.4 Å². The molecule has 0 saturated carbocycles. The maximum atomic E-state index is 13.5. The van der Waals surface area contributed by atoms with Gasteiger partial charge in [-0.1, -0.05) is 63.3 Å². The summed E-state index contributed by atoms with van der Waals surface area (Å²) >= 11 is 0.